The largest absolute Gasteiger partial charge is 0.362 e. The minimum atomic E-state index is 0.594. The monoisotopic (exact) mass is 349 g/mol. The molecule has 0 bridgehead atoms. The van der Waals surface area contributed by atoms with Crippen molar-refractivity contribution >= 4 is 5.69 Å². The van der Waals surface area contributed by atoms with E-state index < -0.39 is 0 Å². The molecule has 2 aliphatic rings. The van der Waals surface area contributed by atoms with E-state index >= 15 is 0 Å². The third-order valence-electron chi connectivity index (χ3n) is 6.75. The SMILES string of the molecule is Cc1ccc(N(CC2CCCC[N+]2(C)C)C2Cc3ccccc3C2)cc1. The highest BCUT2D eigenvalue weighted by atomic mass is 15.4. The zero-order chi connectivity index (χ0) is 18.1. The lowest BCUT2D eigenvalue weighted by molar-refractivity contribution is -0.918. The molecule has 0 amide bonds. The first-order chi connectivity index (χ1) is 12.5. The van der Waals surface area contributed by atoms with E-state index in [9.17, 15) is 0 Å². The van der Waals surface area contributed by atoms with E-state index in [1.165, 1.54) is 60.9 Å². The lowest BCUT2D eigenvalue weighted by Gasteiger charge is -2.45. The van der Waals surface area contributed by atoms with Gasteiger partial charge < -0.3 is 9.38 Å². The van der Waals surface area contributed by atoms with E-state index in [1.54, 1.807) is 11.1 Å². The Morgan fingerprint density at radius 1 is 0.923 bits per heavy atom. The molecule has 1 unspecified atom stereocenters. The number of likely N-dealkylation sites (N-methyl/N-ethyl adjacent to an activating group) is 1. The van der Waals surface area contributed by atoms with Gasteiger partial charge in [-0.1, -0.05) is 42.0 Å². The second kappa shape index (κ2) is 7.08. The van der Waals surface area contributed by atoms with Gasteiger partial charge in [0.1, 0.15) is 6.04 Å². The van der Waals surface area contributed by atoms with Gasteiger partial charge >= 0.3 is 0 Å². The quantitative estimate of drug-likeness (QED) is 0.729. The van der Waals surface area contributed by atoms with Gasteiger partial charge in [-0.25, -0.2) is 0 Å². The number of rotatable bonds is 4. The van der Waals surface area contributed by atoms with Gasteiger partial charge in [-0.05, 0) is 55.9 Å². The summed E-state index contributed by atoms with van der Waals surface area (Å²) in [6.07, 6.45) is 6.49. The topological polar surface area (TPSA) is 3.24 Å². The summed E-state index contributed by atoms with van der Waals surface area (Å²) in [6, 6.07) is 19.6. The Morgan fingerprint density at radius 2 is 1.58 bits per heavy atom. The number of aryl methyl sites for hydroxylation is 1. The zero-order valence-electron chi connectivity index (χ0n) is 16.6. The molecule has 0 N–H and O–H groups in total. The van der Waals surface area contributed by atoms with Gasteiger partial charge in [0.15, 0.2) is 0 Å². The fourth-order valence-electron chi connectivity index (χ4n) is 4.93. The van der Waals surface area contributed by atoms with E-state index in [2.05, 4.69) is 74.4 Å². The number of hydrogen-bond acceptors (Lipinski definition) is 1. The van der Waals surface area contributed by atoms with Crippen LogP contribution in [0, 0.1) is 6.92 Å². The molecule has 2 aromatic rings. The third kappa shape index (κ3) is 3.53. The molecular formula is C24H33N2+. The predicted octanol–water partition coefficient (Wildman–Crippen LogP) is 4.60. The first kappa shape index (κ1) is 17.6. The molecule has 0 radical (unpaired) electrons. The van der Waals surface area contributed by atoms with Crippen LogP contribution in [-0.2, 0) is 12.8 Å². The van der Waals surface area contributed by atoms with Crippen molar-refractivity contribution in [2.45, 2.75) is 51.1 Å². The normalized spacial score (nSPS) is 22.2. The lowest BCUT2D eigenvalue weighted by Crippen LogP contribution is -2.57. The van der Waals surface area contributed by atoms with Crippen LogP contribution in [-0.4, -0.2) is 43.8 Å². The number of fused-ring (bicyclic) bond motifs is 1. The van der Waals surface area contributed by atoms with Gasteiger partial charge in [-0.2, -0.15) is 0 Å². The Bertz CT molecular complexity index is 722. The average Bonchev–Trinajstić information content (AvgIpc) is 3.05. The Morgan fingerprint density at radius 3 is 2.19 bits per heavy atom. The van der Waals surface area contributed by atoms with Crippen LogP contribution in [0.1, 0.15) is 36.0 Å². The number of anilines is 1. The van der Waals surface area contributed by atoms with Crippen molar-refractivity contribution in [1.82, 2.24) is 0 Å². The first-order valence-corrected chi connectivity index (χ1v) is 10.3. The zero-order valence-corrected chi connectivity index (χ0v) is 16.6. The van der Waals surface area contributed by atoms with Crippen molar-refractivity contribution < 1.29 is 4.48 Å². The molecule has 2 heteroatoms. The van der Waals surface area contributed by atoms with E-state index in [1.807, 2.05) is 0 Å². The maximum Gasteiger partial charge on any atom is 0.106 e. The van der Waals surface area contributed by atoms with Crippen LogP contribution >= 0.6 is 0 Å². The van der Waals surface area contributed by atoms with Crippen LogP contribution in [0.4, 0.5) is 5.69 Å². The second-order valence-corrected chi connectivity index (χ2v) is 8.97. The Kier molecular flexibility index (Phi) is 4.79. The molecule has 4 rings (SSSR count). The van der Waals surface area contributed by atoms with E-state index in [4.69, 9.17) is 0 Å². The minimum absolute atomic E-state index is 0.594. The first-order valence-electron chi connectivity index (χ1n) is 10.3. The molecule has 1 heterocycles. The van der Waals surface area contributed by atoms with Gasteiger partial charge in [0.25, 0.3) is 0 Å². The van der Waals surface area contributed by atoms with Crippen LogP contribution in [0.15, 0.2) is 48.5 Å². The maximum absolute atomic E-state index is 2.73. The van der Waals surface area contributed by atoms with E-state index in [-0.39, 0.29) is 0 Å². The third-order valence-corrected chi connectivity index (χ3v) is 6.75. The summed E-state index contributed by atoms with van der Waals surface area (Å²) in [5.74, 6) is 0. The molecule has 1 aliphatic heterocycles. The fraction of sp³-hybridized carbons (Fsp3) is 0.500. The molecule has 2 aromatic carbocycles. The summed E-state index contributed by atoms with van der Waals surface area (Å²) >= 11 is 0. The molecule has 26 heavy (non-hydrogen) atoms. The Balaban J connectivity index is 1.61. The summed E-state index contributed by atoms with van der Waals surface area (Å²) in [7, 11) is 4.86. The van der Waals surface area contributed by atoms with Crippen molar-refractivity contribution in [1.29, 1.82) is 0 Å². The van der Waals surface area contributed by atoms with Crippen molar-refractivity contribution in [3.8, 4) is 0 Å². The molecular weight excluding hydrogens is 316 g/mol. The molecule has 0 aromatic heterocycles. The van der Waals surface area contributed by atoms with Crippen LogP contribution in [0.5, 0.6) is 0 Å². The van der Waals surface area contributed by atoms with Gasteiger partial charge in [0, 0.05) is 18.2 Å². The van der Waals surface area contributed by atoms with E-state index in [0.29, 0.717) is 6.04 Å². The molecule has 138 valence electrons. The van der Waals surface area contributed by atoms with Crippen LogP contribution in [0.3, 0.4) is 0 Å². The summed E-state index contributed by atoms with van der Waals surface area (Å²) in [5, 5.41) is 0. The minimum Gasteiger partial charge on any atom is -0.362 e. The smallest absolute Gasteiger partial charge is 0.106 e. The molecule has 2 nitrogen and oxygen atoms in total. The molecule has 1 fully saturated rings. The van der Waals surface area contributed by atoms with Crippen molar-refractivity contribution in [2.24, 2.45) is 0 Å². The number of hydrogen-bond donors (Lipinski definition) is 0. The van der Waals surface area contributed by atoms with Gasteiger partial charge in [0.05, 0.1) is 27.2 Å². The summed E-state index contributed by atoms with van der Waals surface area (Å²) < 4.78 is 1.17. The molecule has 1 atom stereocenters. The summed E-state index contributed by atoms with van der Waals surface area (Å²) in [4.78, 5) is 2.73. The highest BCUT2D eigenvalue weighted by molar-refractivity contribution is 5.51. The van der Waals surface area contributed by atoms with Crippen molar-refractivity contribution in [2.75, 3.05) is 32.1 Å². The summed E-state index contributed by atoms with van der Waals surface area (Å²) in [5.41, 5.74) is 5.84. The van der Waals surface area contributed by atoms with Crippen LogP contribution < -0.4 is 4.90 Å². The second-order valence-electron chi connectivity index (χ2n) is 8.97. The molecule has 1 saturated heterocycles. The van der Waals surface area contributed by atoms with E-state index in [0.717, 1.165) is 6.04 Å². The fourth-order valence-corrected chi connectivity index (χ4v) is 4.93. The van der Waals surface area contributed by atoms with Crippen LogP contribution in [0.25, 0.3) is 0 Å². The van der Waals surface area contributed by atoms with Crippen molar-refractivity contribution in [3.05, 3.63) is 65.2 Å². The number of nitrogens with zero attached hydrogens (tertiary/aromatic N) is 2. The summed E-state index contributed by atoms with van der Waals surface area (Å²) in [6.45, 7) is 4.67. The average molecular weight is 350 g/mol. The molecule has 0 saturated carbocycles. The predicted molar refractivity (Wildman–Crippen MR) is 111 cm³/mol. The standard InChI is InChI=1S/C24H33N2/c1-19-11-13-22(14-12-19)25(18-24-10-6-7-15-26(24,2)3)23-16-20-8-4-5-9-21(20)17-23/h4-5,8-9,11-14,23-24H,6-7,10,15-18H2,1-3H3/q+1. The number of quaternary nitrogens is 1. The van der Waals surface area contributed by atoms with Crippen molar-refractivity contribution in [3.63, 3.8) is 0 Å². The number of piperidine rings is 1. The number of benzene rings is 2. The van der Waals surface area contributed by atoms with Crippen LogP contribution in [0.2, 0.25) is 0 Å². The van der Waals surface area contributed by atoms with Gasteiger partial charge in [0.2, 0.25) is 0 Å². The Labute approximate surface area is 159 Å². The van der Waals surface area contributed by atoms with Gasteiger partial charge in [-0.3, -0.25) is 0 Å². The highest BCUT2D eigenvalue weighted by Crippen LogP contribution is 2.31. The highest BCUT2D eigenvalue weighted by Gasteiger charge is 2.36. The molecule has 1 aliphatic carbocycles. The lowest BCUT2D eigenvalue weighted by atomic mass is 9.98. The number of likely N-dealkylation sites (tertiary alicyclic amines) is 1. The maximum atomic E-state index is 2.73. The molecule has 0 spiro atoms. The van der Waals surface area contributed by atoms with Gasteiger partial charge in [-0.15, -0.1) is 0 Å². The Hall–Kier alpha value is -1.80.